The normalized spacial score (nSPS) is 20.7. The Balaban J connectivity index is 2.22. The fraction of sp³-hybridized carbons (Fsp3) is 0.357. The summed E-state index contributed by atoms with van der Waals surface area (Å²) in [5.74, 6) is 2.36. The van der Waals surface area contributed by atoms with E-state index in [1.54, 1.807) is 24.3 Å². The number of sulfone groups is 1. The minimum atomic E-state index is -3.04. The molecule has 1 aliphatic heterocycles. The molecule has 0 saturated carbocycles. The number of hydrogen-bond acceptors (Lipinski definition) is 3. The van der Waals surface area contributed by atoms with Crippen LogP contribution in [0.5, 0.6) is 0 Å². The molecule has 1 atom stereocenters. The molecule has 1 aliphatic rings. The van der Waals surface area contributed by atoms with Gasteiger partial charge >= 0.3 is 0 Å². The number of amides is 1. The highest BCUT2D eigenvalue weighted by molar-refractivity contribution is 7.91. The summed E-state index contributed by atoms with van der Waals surface area (Å²) < 4.78 is 23.0. The van der Waals surface area contributed by atoms with Crippen LogP contribution in [0.15, 0.2) is 30.3 Å². The van der Waals surface area contributed by atoms with Crippen molar-refractivity contribution in [1.82, 2.24) is 4.90 Å². The monoisotopic (exact) mass is 277 g/mol. The highest BCUT2D eigenvalue weighted by Crippen LogP contribution is 2.19. The molecule has 2 rings (SSSR count). The highest BCUT2D eigenvalue weighted by atomic mass is 32.2. The lowest BCUT2D eigenvalue weighted by molar-refractivity contribution is 0.0724. The summed E-state index contributed by atoms with van der Waals surface area (Å²) in [5.41, 5.74) is 0.530. The van der Waals surface area contributed by atoms with E-state index >= 15 is 0 Å². The van der Waals surface area contributed by atoms with Gasteiger partial charge in [0.1, 0.15) is 0 Å². The molecule has 1 fully saturated rings. The smallest absolute Gasteiger partial charge is 0.254 e. The van der Waals surface area contributed by atoms with Crippen LogP contribution < -0.4 is 0 Å². The van der Waals surface area contributed by atoms with E-state index in [1.807, 2.05) is 6.07 Å². The Morgan fingerprint density at radius 1 is 1.37 bits per heavy atom. The van der Waals surface area contributed by atoms with Gasteiger partial charge in [0.25, 0.3) is 5.91 Å². The van der Waals surface area contributed by atoms with Crippen molar-refractivity contribution in [1.29, 1.82) is 0 Å². The first-order chi connectivity index (χ1) is 9.03. The third kappa shape index (κ3) is 3.15. The van der Waals surface area contributed by atoms with Crippen molar-refractivity contribution in [2.24, 2.45) is 0 Å². The minimum absolute atomic E-state index is 0.00720. The summed E-state index contributed by atoms with van der Waals surface area (Å²) in [6.45, 7) is 0.133. The second-order valence-corrected chi connectivity index (χ2v) is 6.79. The van der Waals surface area contributed by atoms with Crippen molar-refractivity contribution in [3.8, 4) is 12.3 Å². The van der Waals surface area contributed by atoms with Gasteiger partial charge in [-0.05, 0) is 18.6 Å². The largest absolute Gasteiger partial charge is 0.323 e. The van der Waals surface area contributed by atoms with Crippen LogP contribution in [0, 0.1) is 12.3 Å². The van der Waals surface area contributed by atoms with Gasteiger partial charge in [-0.15, -0.1) is 6.42 Å². The second kappa shape index (κ2) is 5.45. The maximum absolute atomic E-state index is 12.4. The number of rotatable bonds is 3. The zero-order valence-electron chi connectivity index (χ0n) is 10.5. The summed E-state index contributed by atoms with van der Waals surface area (Å²) in [4.78, 5) is 13.9. The number of nitrogens with zero attached hydrogens (tertiary/aromatic N) is 1. The van der Waals surface area contributed by atoms with E-state index in [0.717, 1.165) is 0 Å². The average molecular weight is 277 g/mol. The molecule has 0 aromatic heterocycles. The molecule has 1 aromatic carbocycles. The van der Waals surface area contributed by atoms with Crippen LogP contribution in [0.2, 0.25) is 0 Å². The molecule has 1 amide bonds. The molecule has 1 heterocycles. The molecule has 5 heteroatoms. The summed E-state index contributed by atoms with van der Waals surface area (Å²) in [5, 5.41) is 0. The van der Waals surface area contributed by atoms with Crippen LogP contribution in [0.25, 0.3) is 0 Å². The Hall–Kier alpha value is -1.80. The number of carbonyl (C=O) groups excluding carboxylic acids is 1. The Morgan fingerprint density at radius 3 is 2.58 bits per heavy atom. The van der Waals surface area contributed by atoms with Gasteiger partial charge in [-0.3, -0.25) is 4.79 Å². The molecule has 1 unspecified atom stereocenters. The van der Waals surface area contributed by atoms with E-state index in [9.17, 15) is 13.2 Å². The predicted octanol–water partition coefficient (Wildman–Crippen LogP) is 0.949. The lowest BCUT2D eigenvalue weighted by Crippen LogP contribution is -2.41. The second-order valence-electron chi connectivity index (χ2n) is 4.56. The Labute approximate surface area is 113 Å². The van der Waals surface area contributed by atoms with Gasteiger partial charge < -0.3 is 4.90 Å². The Bertz CT molecular complexity index is 601. The fourth-order valence-corrected chi connectivity index (χ4v) is 3.96. The Morgan fingerprint density at radius 2 is 2.05 bits per heavy atom. The van der Waals surface area contributed by atoms with Crippen molar-refractivity contribution in [3.63, 3.8) is 0 Å². The average Bonchev–Trinajstić information content (AvgIpc) is 2.76. The number of benzene rings is 1. The quantitative estimate of drug-likeness (QED) is 0.773. The van der Waals surface area contributed by atoms with Crippen LogP contribution >= 0.6 is 0 Å². The van der Waals surface area contributed by atoms with Crippen molar-refractivity contribution in [2.75, 3.05) is 18.1 Å². The van der Waals surface area contributed by atoms with Crippen molar-refractivity contribution < 1.29 is 13.2 Å². The summed E-state index contributed by atoms with van der Waals surface area (Å²) in [6, 6.07) is 8.46. The van der Waals surface area contributed by atoms with Crippen molar-refractivity contribution in [2.45, 2.75) is 12.5 Å². The van der Waals surface area contributed by atoms with Gasteiger partial charge in [0, 0.05) is 11.6 Å². The fourth-order valence-electron chi connectivity index (χ4n) is 2.23. The van der Waals surface area contributed by atoms with E-state index in [2.05, 4.69) is 5.92 Å². The summed E-state index contributed by atoms with van der Waals surface area (Å²) >= 11 is 0. The SMILES string of the molecule is C#CCN(C(=O)c1ccccc1)C1CCS(=O)(=O)C1. The molecule has 0 aliphatic carbocycles. The van der Waals surface area contributed by atoms with E-state index in [0.29, 0.717) is 12.0 Å². The first-order valence-electron chi connectivity index (χ1n) is 6.03. The topological polar surface area (TPSA) is 54.5 Å². The lowest BCUT2D eigenvalue weighted by Gasteiger charge is -2.26. The molecule has 0 radical (unpaired) electrons. The number of hydrogen-bond donors (Lipinski definition) is 0. The van der Waals surface area contributed by atoms with Gasteiger partial charge in [-0.25, -0.2) is 8.42 Å². The molecule has 1 saturated heterocycles. The van der Waals surface area contributed by atoms with Crippen LogP contribution in [-0.4, -0.2) is 43.3 Å². The van der Waals surface area contributed by atoms with Crippen LogP contribution in [0.3, 0.4) is 0 Å². The van der Waals surface area contributed by atoms with Crippen LogP contribution in [0.4, 0.5) is 0 Å². The molecule has 19 heavy (non-hydrogen) atoms. The zero-order valence-corrected chi connectivity index (χ0v) is 11.3. The van der Waals surface area contributed by atoms with E-state index in [4.69, 9.17) is 6.42 Å². The lowest BCUT2D eigenvalue weighted by atomic mass is 10.1. The van der Waals surface area contributed by atoms with Crippen LogP contribution in [-0.2, 0) is 9.84 Å². The molecule has 1 aromatic rings. The highest BCUT2D eigenvalue weighted by Gasteiger charge is 2.34. The summed E-state index contributed by atoms with van der Waals surface area (Å²) in [7, 11) is -3.04. The first kappa shape index (κ1) is 13.6. The van der Waals surface area contributed by atoms with Gasteiger partial charge in [-0.1, -0.05) is 24.1 Å². The van der Waals surface area contributed by atoms with Crippen molar-refractivity contribution in [3.05, 3.63) is 35.9 Å². The minimum Gasteiger partial charge on any atom is -0.323 e. The standard InChI is InChI=1S/C14H15NO3S/c1-2-9-15(13-8-10-19(17,18)11-13)14(16)12-6-4-3-5-7-12/h1,3-7,13H,8-11H2. The first-order valence-corrected chi connectivity index (χ1v) is 7.85. The van der Waals surface area contributed by atoms with Gasteiger partial charge in [0.2, 0.25) is 0 Å². The predicted molar refractivity (Wildman–Crippen MR) is 73.4 cm³/mol. The third-order valence-corrected chi connectivity index (χ3v) is 4.94. The third-order valence-electron chi connectivity index (χ3n) is 3.19. The van der Waals surface area contributed by atoms with E-state index in [1.165, 1.54) is 4.90 Å². The Kier molecular flexibility index (Phi) is 3.91. The molecule has 0 bridgehead atoms. The van der Waals surface area contributed by atoms with Crippen molar-refractivity contribution >= 4 is 15.7 Å². The maximum Gasteiger partial charge on any atom is 0.254 e. The molecule has 0 N–H and O–H groups in total. The van der Waals surface area contributed by atoms with E-state index < -0.39 is 9.84 Å². The zero-order chi connectivity index (χ0) is 13.9. The van der Waals surface area contributed by atoms with Gasteiger partial charge in [0.05, 0.1) is 18.1 Å². The number of terminal acetylenes is 1. The molecule has 0 spiro atoms. The molecular formula is C14H15NO3S. The van der Waals surface area contributed by atoms with Crippen LogP contribution in [0.1, 0.15) is 16.8 Å². The maximum atomic E-state index is 12.4. The van der Waals surface area contributed by atoms with Gasteiger partial charge in [-0.2, -0.15) is 0 Å². The molecule has 4 nitrogen and oxygen atoms in total. The molecular weight excluding hydrogens is 262 g/mol. The summed E-state index contributed by atoms with van der Waals surface area (Å²) in [6.07, 6.45) is 5.75. The van der Waals surface area contributed by atoms with Gasteiger partial charge in [0.15, 0.2) is 9.84 Å². The van der Waals surface area contributed by atoms with E-state index in [-0.39, 0.29) is 30.0 Å². The molecule has 100 valence electrons. The number of carbonyl (C=O) groups is 1.